The highest BCUT2D eigenvalue weighted by molar-refractivity contribution is 5.92. The van der Waals surface area contributed by atoms with Crippen LogP contribution in [0.1, 0.15) is 24.5 Å². The van der Waals surface area contributed by atoms with Crippen LogP contribution < -0.4 is 10.2 Å². The van der Waals surface area contributed by atoms with E-state index >= 15 is 0 Å². The molecule has 0 aliphatic rings. The molecule has 2 aromatic rings. The van der Waals surface area contributed by atoms with Crippen molar-refractivity contribution >= 4 is 17.5 Å². The maximum absolute atomic E-state index is 12.8. The van der Waals surface area contributed by atoms with Gasteiger partial charge in [-0.15, -0.1) is 0 Å². The van der Waals surface area contributed by atoms with E-state index in [-0.39, 0.29) is 31.1 Å². The Morgan fingerprint density at radius 1 is 1.19 bits per heavy atom. The molecule has 0 radical (unpaired) electrons. The third kappa shape index (κ3) is 5.58. The highest BCUT2D eigenvalue weighted by Gasteiger charge is 2.31. The van der Waals surface area contributed by atoms with Crippen LogP contribution in [0.15, 0.2) is 48.8 Å². The Kier molecular flexibility index (Phi) is 6.32. The van der Waals surface area contributed by atoms with Gasteiger partial charge in [0.1, 0.15) is 0 Å². The summed E-state index contributed by atoms with van der Waals surface area (Å²) in [6.45, 7) is 1.51. The molecule has 1 aromatic carbocycles. The normalized spacial score (nSPS) is 11.1. The zero-order valence-corrected chi connectivity index (χ0v) is 14.1. The molecular weight excluding hydrogens is 347 g/mol. The molecule has 26 heavy (non-hydrogen) atoms. The van der Waals surface area contributed by atoms with Crippen LogP contribution in [-0.4, -0.2) is 23.3 Å². The Morgan fingerprint density at radius 2 is 1.96 bits per heavy atom. The summed E-state index contributed by atoms with van der Waals surface area (Å²) in [7, 11) is 0. The van der Waals surface area contributed by atoms with Gasteiger partial charge >= 0.3 is 6.18 Å². The number of benzene rings is 1. The van der Waals surface area contributed by atoms with Gasteiger partial charge in [0.2, 0.25) is 11.8 Å². The second-order valence-corrected chi connectivity index (χ2v) is 5.61. The lowest BCUT2D eigenvalue weighted by molar-refractivity contribution is -0.137. The predicted molar refractivity (Wildman–Crippen MR) is 90.2 cm³/mol. The maximum Gasteiger partial charge on any atom is 0.416 e. The number of halogens is 3. The lowest BCUT2D eigenvalue weighted by Crippen LogP contribution is -2.33. The van der Waals surface area contributed by atoms with Crippen LogP contribution in [0, 0.1) is 0 Å². The fraction of sp³-hybridized carbons (Fsp3) is 0.278. The number of nitrogens with one attached hydrogen (secondary N) is 1. The van der Waals surface area contributed by atoms with E-state index in [0.717, 1.165) is 22.6 Å². The van der Waals surface area contributed by atoms with Crippen molar-refractivity contribution in [2.75, 3.05) is 11.4 Å². The molecule has 0 saturated heterocycles. The molecule has 1 heterocycles. The minimum Gasteiger partial charge on any atom is -0.352 e. The van der Waals surface area contributed by atoms with Crippen molar-refractivity contribution in [3.05, 3.63) is 59.9 Å². The van der Waals surface area contributed by atoms with Gasteiger partial charge in [-0.1, -0.05) is 12.1 Å². The second kappa shape index (κ2) is 8.46. The van der Waals surface area contributed by atoms with E-state index in [2.05, 4.69) is 10.3 Å². The molecule has 0 saturated carbocycles. The number of nitrogens with zero attached hydrogens (tertiary/aromatic N) is 2. The van der Waals surface area contributed by atoms with Crippen LogP contribution >= 0.6 is 0 Å². The van der Waals surface area contributed by atoms with Crippen molar-refractivity contribution in [1.29, 1.82) is 0 Å². The van der Waals surface area contributed by atoms with E-state index in [0.29, 0.717) is 0 Å². The van der Waals surface area contributed by atoms with E-state index in [9.17, 15) is 22.8 Å². The summed E-state index contributed by atoms with van der Waals surface area (Å²) in [6.07, 6.45) is -1.30. The molecule has 0 bridgehead atoms. The van der Waals surface area contributed by atoms with E-state index in [1.165, 1.54) is 19.1 Å². The summed E-state index contributed by atoms with van der Waals surface area (Å²) in [6, 6.07) is 8.02. The van der Waals surface area contributed by atoms with Gasteiger partial charge in [-0.05, 0) is 29.8 Å². The first-order chi connectivity index (χ1) is 12.3. The van der Waals surface area contributed by atoms with Crippen molar-refractivity contribution in [3.8, 4) is 0 Å². The van der Waals surface area contributed by atoms with Crippen LogP contribution in [0.25, 0.3) is 0 Å². The smallest absolute Gasteiger partial charge is 0.352 e. The van der Waals surface area contributed by atoms with Gasteiger partial charge in [0.25, 0.3) is 0 Å². The van der Waals surface area contributed by atoms with Crippen molar-refractivity contribution < 1.29 is 22.8 Å². The molecule has 1 N–H and O–H groups in total. The summed E-state index contributed by atoms with van der Waals surface area (Å²) < 4.78 is 38.5. The quantitative estimate of drug-likeness (QED) is 0.855. The van der Waals surface area contributed by atoms with Gasteiger partial charge < -0.3 is 10.2 Å². The van der Waals surface area contributed by atoms with E-state index in [1.807, 2.05) is 0 Å². The molecule has 0 aliphatic heterocycles. The molecule has 2 amide bonds. The Bertz CT molecular complexity index is 764. The largest absolute Gasteiger partial charge is 0.416 e. The Balaban J connectivity index is 1.98. The second-order valence-electron chi connectivity index (χ2n) is 5.61. The molecule has 0 atom stereocenters. The van der Waals surface area contributed by atoms with Crippen LogP contribution in [0.3, 0.4) is 0 Å². The number of rotatable bonds is 6. The number of hydrogen-bond donors (Lipinski definition) is 1. The van der Waals surface area contributed by atoms with Crippen LogP contribution in [0.4, 0.5) is 18.9 Å². The number of aromatic nitrogens is 1. The molecule has 8 heteroatoms. The molecular formula is C18H18F3N3O2. The van der Waals surface area contributed by atoms with Gasteiger partial charge in [-0.25, -0.2) is 0 Å². The number of anilines is 1. The number of hydrogen-bond acceptors (Lipinski definition) is 3. The first-order valence-corrected chi connectivity index (χ1v) is 7.88. The summed E-state index contributed by atoms with van der Waals surface area (Å²) in [5.41, 5.74) is 0.0804. The number of carbonyl (C=O) groups is 2. The summed E-state index contributed by atoms with van der Waals surface area (Å²) >= 11 is 0. The van der Waals surface area contributed by atoms with Crippen LogP contribution in [0.2, 0.25) is 0 Å². The van der Waals surface area contributed by atoms with Gasteiger partial charge in [0, 0.05) is 44.5 Å². The third-order valence-electron chi connectivity index (χ3n) is 3.64. The predicted octanol–water partition coefficient (Wildman–Crippen LogP) is 3.16. The zero-order valence-electron chi connectivity index (χ0n) is 14.1. The Morgan fingerprint density at radius 3 is 2.58 bits per heavy atom. The monoisotopic (exact) mass is 365 g/mol. The summed E-state index contributed by atoms with van der Waals surface area (Å²) in [5, 5.41) is 2.68. The molecule has 1 aromatic heterocycles. The average molecular weight is 365 g/mol. The van der Waals surface area contributed by atoms with Crippen molar-refractivity contribution in [2.24, 2.45) is 0 Å². The highest BCUT2D eigenvalue weighted by Crippen LogP contribution is 2.31. The van der Waals surface area contributed by atoms with Gasteiger partial charge in [-0.2, -0.15) is 13.2 Å². The molecule has 5 nitrogen and oxygen atoms in total. The molecule has 138 valence electrons. The number of pyridine rings is 1. The summed E-state index contributed by atoms with van der Waals surface area (Å²) in [5.74, 6) is -0.753. The fourth-order valence-electron chi connectivity index (χ4n) is 2.32. The first kappa shape index (κ1) is 19.4. The van der Waals surface area contributed by atoms with Crippen molar-refractivity contribution in [1.82, 2.24) is 10.3 Å². The molecule has 0 fully saturated rings. The lowest BCUT2D eigenvalue weighted by Gasteiger charge is -2.22. The van der Waals surface area contributed by atoms with Gasteiger partial charge in [0.05, 0.1) is 5.56 Å². The maximum atomic E-state index is 12.8. The van der Waals surface area contributed by atoms with E-state index in [1.54, 1.807) is 24.5 Å². The molecule has 0 aliphatic carbocycles. The minimum atomic E-state index is -4.50. The number of amides is 2. The Labute approximate surface area is 148 Å². The fourth-order valence-corrected chi connectivity index (χ4v) is 2.32. The third-order valence-corrected chi connectivity index (χ3v) is 3.64. The summed E-state index contributed by atoms with van der Waals surface area (Å²) in [4.78, 5) is 28.8. The zero-order chi connectivity index (χ0) is 19.2. The van der Waals surface area contributed by atoms with Crippen LogP contribution in [-0.2, 0) is 22.3 Å². The van der Waals surface area contributed by atoms with Gasteiger partial charge in [-0.3, -0.25) is 14.6 Å². The van der Waals surface area contributed by atoms with E-state index in [4.69, 9.17) is 0 Å². The minimum absolute atomic E-state index is 0.0183. The topological polar surface area (TPSA) is 62.3 Å². The molecule has 0 spiro atoms. The van der Waals surface area contributed by atoms with Crippen molar-refractivity contribution in [2.45, 2.75) is 26.1 Å². The van der Waals surface area contributed by atoms with E-state index < -0.39 is 17.6 Å². The molecule has 2 rings (SSSR count). The highest BCUT2D eigenvalue weighted by atomic mass is 19.4. The SMILES string of the molecule is CC(=O)N(CCC(=O)NCc1cccnc1)c1cccc(C(F)(F)F)c1. The lowest BCUT2D eigenvalue weighted by atomic mass is 10.1. The average Bonchev–Trinajstić information content (AvgIpc) is 2.60. The first-order valence-electron chi connectivity index (χ1n) is 7.88. The standard InChI is InChI=1S/C18H18F3N3O2/c1-13(25)24(16-6-2-5-15(10-16)18(19,20)21)9-7-17(26)23-12-14-4-3-8-22-11-14/h2-6,8,10-11H,7,9,12H2,1H3,(H,23,26). The molecule has 0 unspecified atom stereocenters. The van der Waals surface area contributed by atoms with Crippen molar-refractivity contribution in [3.63, 3.8) is 0 Å². The number of carbonyl (C=O) groups excluding carboxylic acids is 2. The van der Waals surface area contributed by atoms with Gasteiger partial charge in [0.15, 0.2) is 0 Å². The Hall–Kier alpha value is -2.90. The number of alkyl halides is 3. The van der Waals surface area contributed by atoms with Crippen LogP contribution in [0.5, 0.6) is 0 Å².